The highest BCUT2D eigenvalue weighted by Crippen LogP contribution is 2.30. The lowest BCUT2D eigenvalue weighted by Crippen LogP contribution is -2.42. The molecule has 1 aromatic rings. The molecule has 0 aromatic heterocycles. The molecule has 1 amide bonds. The fourth-order valence-electron chi connectivity index (χ4n) is 2.41. The fraction of sp³-hybridized carbons (Fsp3) is 0.500. The molecule has 0 radical (unpaired) electrons. The number of carbonyl (C=O) groups excluding carboxylic acids is 1. The maximum absolute atomic E-state index is 12.3. The van der Waals surface area contributed by atoms with Crippen LogP contribution in [-0.2, 0) is 14.8 Å². The summed E-state index contributed by atoms with van der Waals surface area (Å²) in [6.45, 7) is 2.37. The van der Waals surface area contributed by atoms with Crippen molar-refractivity contribution in [2.45, 2.75) is 19.8 Å². The first-order valence-corrected chi connectivity index (χ1v) is 9.44. The van der Waals surface area contributed by atoms with Crippen LogP contribution in [0.5, 0.6) is 0 Å². The van der Waals surface area contributed by atoms with Gasteiger partial charge >= 0.3 is 0 Å². The summed E-state index contributed by atoms with van der Waals surface area (Å²) in [6, 6.07) is 5.04. The van der Waals surface area contributed by atoms with Crippen LogP contribution in [0.3, 0.4) is 0 Å². The van der Waals surface area contributed by atoms with Gasteiger partial charge in [0.2, 0.25) is 15.9 Å². The number of anilines is 1. The highest BCUT2D eigenvalue weighted by Gasteiger charge is 2.30. The van der Waals surface area contributed by atoms with E-state index < -0.39 is 10.0 Å². The molecule has 1 saturated heterocycles. The largest absolute Gasteiger partial charge is 0.324 e. The SMILES string of the molecule is CCS(=O)(=O)N1CCC(C(=O)Nc2cccc(Cl)c2Cl)CC1. The molecule has 1 heterocycles. The number of sulfonamides is 1. The Morgan fingerprint density at radius 3 is 2.55 bits per heavy atom. The van der Waals surface area contributed by atoms with Crippen molar-refractivity contribution in [3.8, 4) is 0 Å². The van der Waals surface area contributed by atoms with Crippen LogP contribution in [0.2, 0.25) is 10.0 Å². The minimum Gasteiger partial charge on any atom is -0.324 e. The van der Waals surface area contributed by atoms with Crippen molar-refractivity contribution in [3.05, 3.63) is 28.2 Å². The summed E-state index contributed by atoms with van der Waals surface area (Å²) in [5.74, 6) is -0.293. The van der Waals surface area contributed by atoms with Gasteiger partial charge in [0.15, 0.2) is 0 Å². The van der Waals surface area contributed by atoms with Crippen molar-refractivity contribution in [1.29, 1.82) is 0 Å². The summed E-state index contributed by atoms with van der Waals surface area (Å²) >= 11 is 12.0. The van der Waals surface area contributed by atoms with Crippen LogP contribution in [0.4, 0.5) is 5.69 Å². The van der Waals surface area contributed by atoms with Gasteiger partial charge in [0.05, 0.1) is 21.5 Å². The van der Waals surface area contributed by atoms with Crippen molar-refractivity contribution < 1.29 is 13.2 Å². The standard InChI is InChI=1S/C14H18Cl2N2O3S/c1-2-22(20,21)18-8-6-10(7-9-18)14(19)17-12-5-3-4-11(15)13(12)16/h3-5,10H,2,6-9H2,1H3,(H,17,19). The van der Waals surface area contributed by atoms with Crippen molar-refractivity contribution >= 4 is 44.8 Å². The molecular weight excluding hydrogens is 347 g/mol. The average Bonchev–Trinajstić information content (AvgIpc) is 2.52. The van der Waals surface area contributed by atoms with E-state index in [1.54, 1.807) is 25.1 Å². The summed E-state index contributed by atoms with van der Waals surface area (Å²) < 4.78 is 25.0. The van der Waals surface area contributed by atoms with E-state index in [1.807, 2.05) is 0 Å². The summed E-state index contributed by atoms with van der Waals surface area (Å²) in [7, 11) is -3.18. The van der Waals surface area contributed by atoms with Gasteiger partial charge in [-0.15, -0.1) is 0 Å². The smallest absolute Gasteiger partial charge is 0.227 e. The molecule has 2 rings (SSSR count). The van der Waals surface area contributed by atoms with Crippen molar-refractivity contribution in [2.24, 2.45) is 5.92 Å². The third-order valence-electron chi connectivity index (χ3n) is 3.79. The molecule has 1 aliphatic heterocycles. The molecule has 1 aliphatic rings. The van der Waals surface area contributed by atoms with Crippen molar-refractivity contribution in [3.63, 3.8) is 0 Å². The quantitative estimate of drug-likeness (QED) is 0.892. The zero-order valence-corrected chi connectivity index (χ0v) is 14.5. The van der Waals surface area contributed by atoms with Crippen LogP contribution in [0.25, 0.3) is 0 Å². The van der Waals surface area contributed by atoms with E-state index in [0.717, 1.165) is 0 Å². The third kappa shape index (κ3) is 3.93. The first kappa shape index (κ1) is 17.5. The lowest BCUT2D eigenvalue weighted by atomic mass is 9.97. The second-order valence-corrected chi connectivity index (χ2v) is 8.21. The summed E-state index contributed by atoms with van der Waals surface area (Å²) in [6.07, 6.45) is 1.01. The van der Waals surface area contributed by atoms with Gasteiger partial charge in [-0.1, -0.05) is 29.3 Å². The predicted molar refractivity (Wildman–Crippen MR) is 88.8 cm³/mol. The number of benzene rings is 1. The second-order valence-electron chi connectivity index (χ2n) is 5.16. The number of hydrogen-bond donors (Lipinski definition) is 1. The molecule has 0 atom stereocenters. The Hall–Kier alpha value is -0.820. The zero-order chi connectivity index (χ0) is 16.3. The molecule has 0 saturated carbocycles. The minimum absolute atomic E-state index is 0.0853. The maximum atomic E-state index is 12.3. The van der Waals surface area contributed by atoms with Gasteiger partial charge in [-0.05, 0) is 31.9 Å². The lowest BCUT2D eigenvalue weighted by Gasteiger charge is -2.30. The van der Waals surface area contributed by atoms with E-state index in [9.17, 15) is 13.2 Å². The van der Waals surface area contributed by atoms with Crippen LogP contribution < -0.4 is 5.32 Å². The molecule has 0 spiro atoms. The first-order chi connectivity index (χ1) is 10.3. The molecule has 22 heavy (non-hydrogen) atoms. The minimum atomic E-state index is -3.18. The Morgan fingerprint density at radius 1 is 1.32 bits per heavy atom. The molecular formula is C14H18Cl2N2O3S. The van der Waals surface area contributed by atoms with Crippen LogP contribution >= 0.6 is 23.2 Å². The highest BCUT2D eigenvalue weighted by molar-refractivity contribution is 7.89. The number of amides is 1. The molecule has 1 fully saturated rings. The highest BCUT2D eigenvalue weighted by atomic mass is 35.5. The summed E-state index contributed by atoms with van der Waals surface area (Å²) in [4.78, 5) is 12.3. The maximum Gasteiger partial charge on any atom is 0.227 e. The van der Waals surface area contributed by atoms with E-state index in [2.05, 4.69) is 5.32 Å². The summed E-state index contributed by atoms with van der Waals surface area (Å²) in [5, 5.41) is 3.45. The van der Waals surface area contributed by atoms with E-state index in [1.165, 1.54) is 4.31 Å². The fourth-order valence-corrected chi connectivity index (χ4v) is 3.89. The number of nitrogens with one attached hydrogen (secondary N) is 1. The molecule has 8 heteroatoms. The molecule has 1 N–H and O–H groups in total. The Bertz CT molecular complexity index is 656. The lowest BCUT2D eigenvalue weighted by molar-refractivity contribution is -0.120. The van der Waals surface area contributed by atoms with Gasteiger partial charge in [-0.3, -0.25) is 4.79 Å². The molecule has 0 aliphatic carbocycles. The normalized spacial score (nSPS) is 17.4. The zero-order valence-electron chi connectivity index (χ0n) is 12.2. The Balaban J connectivity index is 1.97. The van der Waals surface area contributed by atoms with Gasteiger partial charge in [-0.25, -0.2) is 12.7 Å². The monoisotopic (exact) mass is 364 g/mol. The van der Waals surface area contributed by atoms with Gasteiger partial charge in [0.1, 0.15) is 0 Å². The van der Waals surface area contributed by atoms with E-state index in [4.69, 9.17) is 23.2 Å². The molecule has 0 bridgehead atoms. The van der Waals surface area contributed by atoms with Gasteiger partial charge in [-0.2, -0.15) is 0 Å². The van der Waals surface area contributed by atoms with Gasteiger partial charge < -0.3 is 5.32 Å². The predicted octanol–water partition coefficient (Wildman–Crippen LogP) is 2.99. The van der Waals surface area contributed by atoms with Crippen LogP contribution in [0.1, 0.15) is 19.8 Å². The van der Waals surface area contributed by atoms with Crippen molar-refractivity contribution in [2.75, 3.05) is 24.2 Å². The molecule has 0 unspecified atom stereocenters. The average molecular weight is 365 g/mol. The number of hydrogen-bond acceptors (Lipinski definition) is 3. The first-order valence-electron chi connectivity index (χ1n) is 7.08. The number of halogens is 2. The Labute approximate surface area is 140 Å². The van der Waals surface area contributed by atoms with Gasteiger partial charge in [0, 0.05) is 19.0 Å². The second kappa shape index (κ2) is 7.17. The van der Waals surface area contributed by atoms with Crippen molar-refractivity contribution in [1.82, 2.24) is 4.31 Å². The topological polar surface area (TPSA) is 66.5 Å². The number of carbonyl (C=O) groups is 1. The van der Waals surface area contributed by atoms with Gasteiger partial charge in [0.25, 0.3) is 0 Å². The van der Waals surface area contributed by atoms with Crippen LogP contribution in [0.15, 0.2) is 18.2 Å². The number of piperidine rings is 1. The number of rotatable bonds is 4. The van der Waals surface area contributed by atoms with E-state index in [-0.39, 0.29) is 17.6 Å². The molecule has 122 valence electrons. The van der Waals surface area contributed by atoms with Crippen LogP contribution in [-0.4, -0.2) is 37.5 Å². The molecule has 1 aromatic carbocycles. The Morgan fingerprint density at radius 2 is 1.95 bits per heavy atom. The summed E-state index contributed by atoms with van der Waals surface area (Å²) in [5.41, 5.74) is 0.475. The van der Waals surface area contributed by atoms with E-state index in [0.29, 0.717) is 41.7 Å². The Kier molecular flexibility index (Phi) is 5.71. The van der Waals surface area contributed by atoms with Crippen LogP contribution in [0, 0.1) is 5.92 Å². The van der Waals surface area contributed by atoms with E-state index >= 15 is 0 Å². The molecule has 5 nitrogen and oxygen atoms in total. The number of nitrogens with zero attached hydrogens (tertiary/aromatic N) is 1. The third-order valence-corrected chi connectivity index (χ3v) is 6.49.